The second-order valence-electron chi connectivity index (χ2n) is 5.34. The number of aliphatic carboxylic acids is 3. The maximum absolute atomic E-state index is 11.0. The van der Waals surface area contributed by atoms with Gasteiger partial charge in [-0.05, 0) is 46.8 Å². The second kappa shape index (κ2) is 11.6. The molecule has 0 aromatic rings. The van der Waals surface area contributed by atoms with Gasteiger partial charge in [-0.15, -0.1) is 0 Å². The fourth-order valence-electron chi connectivity index (χ4n) is 1.46. The van der Waals surface area contributed by atoms with E-state index in [2.05, 4.69) is 0 Å². The Balaban J connectivity index is 0. The molecule has 0 aromatic heterocycles. The third-order valence-corrected chi connectivity index (χ3v) is 3.37. The van der Waals surface area contributed by atoms with Crippen molar-refractivity contribution in [1.29, 1.82) is 0 Å². The van der Waals surface area contributed by atoms with Gasteiger partial charge in [-0.3, -0.25) is 19.3 Å². The Kier molecular flexibility index (Phi) is 11.7. The van der Waals surface area contributed by atoms with E-state index < -0.39 is 42.1 Å². The Hall–Kier alpha value is -2.00. The molecule has 0 saturated carbocycles. The largest absolute Gasteiger partial charge is 0.481 e. The van der Waals surface area contributed by atoms with Gasteiger partial charge in [-0.2, -0.15) is 0 Å². The molecule has 9 heteroatoms. The van der Waals surface area contributed by atoms with Crippen LogP contribution in [-0.2, 0) is 19.2 Å². The summed E-state index contributed by atoms with van der Waals surface area (Å²) in [5.74, 6) is -4.59. The Morgan fingerprint density at radius 1 is 1.00 bits per heavy atom. The van der Waals surface area contributed by atoms with E-state index in [1.165, 1.54) is 0 Å². The minimum Gasteiger partial charge on any atom is -0.481 e. The summed E-state index contributed by atoms with van der Waals surface area (Å²) in [6.45, 7) is 2.37. The summed E-state index contributed by atoms with van der Waals surface area (Å²) in [7, 11) is 3.58. The number of ketones is 1. The lowest BCUT2D eigenvalue weighted by Crippen LogP contribution is -2.48. The molecule has 0 radical (unpaired) electrons. The van der Waals surface area contributed by atoms with E-state index in [0.717, 1.165) is 12.8 Å². The first-order valence-corrected chi connectivity index (χ1v) is 7.07. The first kappa shape index (κ1) is 23.3. The zero-order chi connectivity index (χ0) is 18.6. The van der Waals surface area contributed by atoms with Crippen LogP contribution in [0.2, 0.25) is 0 Å². The summed E-state index contributed by atoms with van der Waals surface area (Å²) in [6.07, 6.45) is 1.52. The topological polar surface area (TPSA) is 158 Å². The molecule has 0 heterocycles. The Bertz CT molecular complexity index is 423. The van der Waals surface area contributed by atoms with Crippen molar-refractivity contribution < 1.29 is 34.5 Å². The summed E-state index contributed by atoms with van der Waals surface area (Å²) >= 11 is 0. The van der Waals surface area contributed by atoms with Crippen LogP contribution in [0.15, 0.2) is 0 Å². The number of hydrogen-bond acceptors (Lipinski definition) is 6. The van der Waals surface area contributed by atoms with E-state index in [1.807, 2.05) is 0 Å². The van der Waals surface area contributed by atoms with E-state index in [1.54, 1.807) is 25.9 Å². The molecule has 23 heavy (non-hydrogen) atoms. The van der Waals surface area contributed by atoms with Crippen LogP contribution in [0.25, 0.3) is 0 Å². The highest BCUT2D eigenvalue weighted by Crippen LogP contribution is 2.19. The van der Waals surface area contributed by atoms with E-state index in [9.17, 15) is 19.2 Å². The highest BCUT2D eigenvalue weighted by Gasteiger charge is 2.34. The molecule has 0 rings (SSSR count). The molecule has 1 atom stereocenters. The zero-order valence-electron chi connectivity index (χ0n) is 13.7. The maximum Gasteiger partial charge on any atom is 0.372 e. The third kappa shape index (κ3) is 10.4. The van der Waals surface area contributed by atoms with Gasteiger partial charge in [-0.1, -0.05) is 0 Å². The number of nitrogens with two attached hydrogens (primary N) is 1. The minimum atomic E-state index is -1.58. The van der Waals surface area contributed by atoms with Crippen molar-refractivity contribution >= 4 is 23.7 Å². The van der Waals surface area contributed by atoms with Gasteiger partial charge in [0.05, 0.1) is 6.42 Å². The quantitative estimate of drug-likeness (QED) is 0.319. The lowest BCUT2D eigenvalue weighted by Gasteiger charge is -2.32. The Morgan fingerprint density at radius 2 is 1.52 bits per heavy atom. The number of carboxylic acid groups (broad SMARTS) is 3. The van der Waals surface area contributed by atoms with Crippen LogP contribution in [-0.4, -0.2) is 70.1 Å². The summed E-state index contributed by atoms with van der Waals surface area (Å²) in [5.41, 5.74) is 4.59. The molecular weight excluding hydrogens is 308 g/mol. The average molecular weight is 334 g/mol. The molecule has 0 aliphatic carbocycles. The van der Waals surface area contributed by atoms with Crippen molar-refractivity contribution in [2.75, 3.05) is 20.6 Å². The van der Waals surface area contributed by atoms with Crippen molar-refractivity contribution in [2.24, 2.45) is 5.73 Å². The lowest BCUT2D eigenvalue weighted by atomic mass is 9.94. The Labute approximate surface area is 135 Å². The number of rotatable bonds is 10. The highest BCUT2D eigenvalue weighted by atomic mass is 16.4. The van der Waals surface area contributed by atoms with Gasteiger partial charge in [0.15, 0.2) is 0 Å². The van der Waals surface area contributed by atoms with Crippen molar-refractivity contribution in [2.45, 2.75) is 44.6 Å². The molecule has 0 aliphatic heterocycles. The van der Waals surface area contributed by atoms with Gasteiger partial charge in [-0.25, -0.2) is 4.79 Å². The lowest BCUT2D eigenvalue weighted by molar-refractivity contribution is -0.150. The number of nitrogens with zero attached hydrogens (tertiary/aromatic N) is 1. The van der Waals surface area contributed by atoms with E-state index in [4.69, 9.17) is 21.1 Å². The number of unbranched alkanes of at least 4 members (excludes halogenated alkanes) is 1. The number of carboxylic acids is 3. The molecule has 0 bridgehead atoms. The molecule has 5 N–H and O–H groups in total. The summed E-state index contributed by atoms with van der Waals surface area (Å²) in [4.78, 5) is 42.5. The van der Waals surface area contributed by atoms with Crippen LogP contribution >= 0.6 is 0 Å². The van der Waals surface area contributed by atoms with Crippen molar-refractivity contribution in [3.05, 3.63) is 0 Å². The highest BCUT2D eigenvalue weighted by molar-refractivity contribution is 6.32. The third-order valence-electron chi connectivity index (χ3n) is 3.37. The first-order chi connectivity index (χ1) is 10.5. The summed E-state index contributed by atoms with van der Waals surface area (Å²) < 4.78 is 0. The van der Waals surface area contributed by atoms with Gasteiger partial charge in [0.2, 0.25) is 5.78 Å². The molecule has 9 nitrogen and oxygen atoms in total. The van der Waals surface area contributed by atoms with Crippen LogP contribution in [0.1, 0.15) is 39.0 Å². The van der Waals surface area contributed by atoms with Gasteiger partial charge in [0, 0.05) is 6.42 Å². The molecule has 134 valence electrons. The van der Waals surface area contributed by atoms with Crippen LogP contribution < -0.4 is 5.73 Å². The van der Waals surface area contributed by atoms with Crippen LogP contribution in [0.5, 0.6) is 0 Å². The van der Waals surface area contributed by atoms with Crippen molar-refractivity contribution in [1.82, 2.24) is 4.90 Å². The van der Waals surface area contributed by atoms with Gasteiger partial charge < -0.3 is 21.1 Å². The molecule has 0 aliphatic rings. The van der Waals surface area contributed by atoms with Crippen LogP contribution in [0.4, 0.5) is 0 Å². The molecule has 0 spiro atoms. The van der Waals surface area contributed by atoms with E-state index >= 15 is 0 Å². The zero-order valence-corrected chi connectivity index (χ0v) is 13.7. The number of hydrogen-bond donors (Lipinski definition) is 4. The SMILES string of the molecule is CN(C)C(C)(CCCCN)C(=O)O.O=C(O)CCC(=O)C(=O)O. The smallest absolute Gasteiger partial charge is 0.372 e. The van der Waals surface area contributed by atoms with Gasteiger partial charge in [0.25, 0.3) is 0 Å². The average Bonchev–Trinajstić information content (AvgIpc) is 2.44. The molecule has 0 fully saturated rings. The standard InChI is InChI=1S/C9H20N2O2.C5H6O5/c1-9(8(12)13,11(2)3)6-4-5-7-10;6-3(5(9)10)1-2-4(7)8/h4-7,10H2,1-3H3,(H,12,13);1-2H2,(H,7,8)(H,9,10). The van der Waals surface area contributed by atoms with Crippen LogP contribution in [0, 0.1) is 0 Å². The van der Waals surface area contributed by atoms with Crippen molar-refractivity contribution in [3.8, 4) is 0 Å². The summed E-state index contributed by atoms with van der Waals surface area (Å²) in [6, 6.07) is 0. The van der Waals surface area contributed by atoms with E-state index in [0.29, 0.717) is 13.0 Å². The molecule has 1 unspecified atom stereocenters. The first-order valence-electron chi connectivity index (χ1n) is 7.07. The maximum atomic E-state index is 11.0. The fourth-order valence-corrected chi connectivity index (χ4v) is 1.46. The summed E-state index contributed by atoms with van der Waals surface area (Å²) in [5, 5.41) is 25.0. The number of carbonyl (C=O) groups is 4. The van der Waals surface area contributed by atoms with Crippen LogP contribution in [0.3, 0.4) is 0 Å². The minimum absolute atomic E-state index is 0.425. The molecule has 0 amide bonds. The normalized spacial score (nSPS) is 12.7. The van der Waals surface area contributed by atoms with E-state index in [-0.39, 0.29) is 0 Å². The second-order valence-corrected chi connectivity index (χ2v) is 5.34. The number of likely N-dealkylation sites (N-methyl/N-ethyl adjacent to an activating group) is 1. The molecular formula is C14H26N2O7. The Morgan fingerprint density at radius 3 is 1.83 bits per heavy atom. The molecule has 0 saturated heterocycles. The van der Waals surface area contributed by atoms with Crippen molar-refractivity contribution in [3.63, 3.8) is 0 Å². The number of Topliss-reactive ketones (excluding diaryl/α,β-unsaturated/α-hetero) is 1. The van der Waals surface area contributed by atoms with Gasteiger partial charge >= 0.3 is 17.9 Å². The molecule has 0 aromatic carbocycles. The fraction of sp³-hybridized carbons (Fsp3) is 0.714. The number of carbonyl (C=O) groups excluding carboxylic acids is 1. The predicted octanol–water partition coefficient (Wildman–Crippen LogP) is 0.0252. The van der Waals surface area contributed by atoms with Gasteiger partial charge in [0.1, 0.15) is 5.54 Å². The predicted molar refractivity (Wildman–Crippen MR) is 82.1 cm³/mol. The monoisotopic (exact) mass is 334 g/mol.